The van der Waals surface area contributed by atoms with E-state index in [9.17, 15) is 18.0 Å². The Hall–Kier alpha value is -2.71. The minimum atomic E-state index is -3.60. The van der Waals surface area contributed by atoms with Crippen LogP contribution < -0.4 is 5.32 Å². The lowest BCUT2D eigenvalue weighted by molar-refractivity contribution is -0.153. The number of nitrogens with zero attached hydrogens (tertiary/aromatic N) is 1. The van der Waals surface area contributed by atoms with Crippen LogP contribution >= 0.6 is 0 Å². The van der Waals surface area contributed by atoms with Gasteiger partial charge in [0.1, 0.15) is 0 Å². The van der Waals surface area contributed by atoms with Crippen molar-refractivity contribution in [2.24, 2.45) is 5.92 Å². The number of sulfonamides is 1. The molecule has 3 rings (SSSR count). The number of aryl methyl sites for hydroxylation is 3. The second-order valence-corrected chi connectivity index (χ2v) is 10.6. The van der Waals surface area contributed by atoms with Gasteiger partial charge >= 0.3 is 5.97 Å². The molecular weight excluding hydrogens is 440 g/mol. The molecule has 1 heterocycles. The molecule has 0 aliphatic carbocycles. The number of carbonyl (C=O) groups excluding carboxylic acids is 2. The van der Waals surface area contributed by atoms with E-state index in [2.05, 4.69) is 5.32 Å². The highest BCUT2D eigenvalue weighted by Crippen LogP contribution is 2.26. The van der Waals surface area contributed by atoms with Gasteiger partial charge in [0.25, 0.3) is 5.91 Å². The maximum absolute atomic E-state index is 12.9. The summed E-state index contributed by atoms with van der Waals surface area (Å²) in [5.74, 6) is -1.25. The Labute approximate surface area is 196 Å². The second kappa shape index (κ2) is 10.5. The Kier molecular flexibility index (Phi) is 7.92. The van der Waals surface area contributed by atoms with Crippen LogP contribution in [0.15, 0.2) is 47.4 Å². The van der Waals surface area contributed by atoms with E-state index in [4.69, 9.17) is 4.74 Å². The Morgan fingerprint density at radius 2 is 1.70 bits per heavy atom. The number of rotatable bonds is 7. The average molecular weight is 473 g/mol. The van der Waals surface area contributed by atoms with Crippen molar-refractivity contribution >= 4 is 21.9 Å². The van der Waals surface area contributed by atoms with Crippen molar-refractivity contribution in [3.63, 3.8) is 0 Å². The van der Waals surface area contributed by atoms with Gasteiger partial charge in [0, 0.05) is 13.1 Å². The third-order valence-electron chi connectivity index (χ3n) is 6.28. The number of esters is 1. The smallest absolute Gasteiger partial charge is 0.309 e. The minimum Gasteiger partial charge on any atom is -0.455 e. The third-order valence-corrected chi connectivity index (χ3v) is 8.18. The standard InChI is InChI=1S/C25H32N2O5S/c1-17-9-10-22(15-19(17)3)33(30,31)27-13-11-21(12-14-27)25(29)32-16-24(28)26-20(4)23-8-6-5-7-18(23)2/h5-10,15,20-21H,11-14,16H2,1-4H3,(H,26,28). The second-order valence-electron chi connectivity index (χ2n) is 8.68. The quantitative estimate of drug-likeness (QED) is 0.623. The predicted octanol–water partition coefficient (Wildman–Crippen LogP) is 3.43. The fourth-order valence-electron chi connectivity index (χ4n) is 4.04. The van der Waals surface area contributed by atoms with Gasteiger partial charge in [0.05, 0.1) is 16.9 Å². The number of hydrogen-bond donors (Lipinski definition) is 1. The molecule has 1 fully saturated rings. The molecule has 1 amide bonds. The van der Waals surface area contributed by atoms with Gasteiger partial charge in [-0.1, -0.05) is 30.3 Å². The van der Waals surface area contributed by atoms with Crippen LogP contribution in [0.5, 0.6) is 0 Å². The monoisotopic (exact) mass is 472 g/mol. The number of nitrogens with one attached hydrogen (secondary N) is 1. The molecule has 0 saturated carbocycles. The van der Waals surface area contributed by atoms with E-state index in [0.29, 0.717) is 12.8 Å². The van der Waals surface area contributed by atoms with Crippen molar-refractivity contribution in [1.82, 2.24) is 9.62 Å². The van der Waals surface area contributed by atoms with E-state index < -0.39 is 21.9 Å². The van der Waals surface area contributed by atoms with Crippen LogP contribution in [-0.4, -0.2) is 44.3 Å². The van der Waals surface area contributed by atoms with Crippen LogP contribution in [0.1, 0.15) is 48.1 Å². The molecule has 1 N–H and O–H groups in total. The number of piperidine rings is 1. The van der Waals surface area contributed by atoms with Gasteiger partial charge in [-0.2, -0.15) is 4.31 Å². The Morgan fingerprint density at radius 1 is 1.03 bits per heavy atom. The maximum Gasteiger partial charge on any atom is 0.309 e. The molecule has 1 aliphatic heterocycles. The van der Waals surface area contributed by atoms with Crippen LogP contribution in [0.3, 0.4) is 0 Å². The summed E-state index contributed by atoms with van der Waals surface area (Å²) in [6.45, 7) is 7.81. The van der Waals surface area contributed by atoms with Crippen molar-refractivity contribution in [1.29, 1.82) is 0 Å². The maximum atomic E-state index is 12.9. The van der Waals surface area contributed by atoms with E-state index in [1.807, 2.05) is 52.0 Å². The molecule has 33 heavy (non-hydrogen) atoms. The molecule has 0 bridgehead atoms. The lowest BCUT2D eigenvalue weighted by Crippen LogP contribution is -2.41. The van der Waals surface area contributed by atoms with Crippen molar-refractivity contribution < 1.29 is 22.7 Å². The van der Waals surface area contributed by atoms with E-state index >= 15 is 0 Å². The molecule has 8 heteroatoms. The average Bonchev–Trinajstić information content (AvgIpc) is 2.79. The first-order valence-electron chi connectivity index (χ1n) is 11.2. The Balaban J connectivity index is 1.48. The van der Waals surface area contributed by atoms with E-state index in [-0.39, 0.29) is 36.5 Å². The van der Waals surface area contributed by atoms with Crippen LogP contribution in [-0.2, 0) is 24.3 Å². The summed E-state index contributed by atoms with van der Waals surface area (Å²) >= 11 is 0. The number of benzene rings is 2. The van der Waals surface area contributed by atoms with E-state index in [1.54, 1.807) is 18.2 Å². The highest BCUT2D eigenvalue weighted by Gasteiger charge is 2.33. The minimum absolute atomic E-state index is 0.198. The topological polar surface area (TPSA) is 92.8 Å². The summed E-state index contributed by atoms with van der Waals surface area (Å²) in [6.07, 6.45) is 0.730. The molecular formula is C25H32N2O5S. The Morgan fingerprint density at radius 3 is 2.33 bits per heavy atom. The highest BCUT2D eigenvalue weighted by molar-refractivity contribution is 7.89. The molecule has 2 aromatic rings. The number of amides is 1. The zero-order valence-electron chi connectivity index (χ0n) is 19.6. The fraction of sp³-hybridized carbons (Fsp3) is 0.440. The fourth-order valence-corrected chi connectivity index (χ4v) is 5.60. The summed E-state index contributed by atoms with van der Waals surface area (Å²) in [7, 11) is -3.60. The molecule has 2 aromatic carbocycles. The summed E-state index contributed by atoms with van der Waals surface area (Å²) in [6, 6.07) is 12.7. The van der Waals surface area contributed by atoms with Crippen LogP contribution in [0.4, 0.5) is 0 Å². The zero-order valence-corrected chi connectivity index (χ0v) is 20.4. The zero-order chi connectivity index (χ0) is 24.2. The molecule has 1 unspecified atom stereocenters. The van der Waals surface area contributed by atoms with Gasteiger partial charge in [0.15, 0.2) is 6.61 Å². The molecule has 1 aliphatic rings. The van der Waals surface area contributed by atoms with Gasteiger partial charge in [-0.15, -0.1) is 0 Å². The van der Waals surface area contributed by atoms with Gasteiger partial charge < -0.3 is 10.1 Å². The summed E-state index contributed by atoms with van der Waals surface area (Å²) < 4.78 is 32.5. The normalized spacial score (nSPS) is 16.2. The van der Waals surface area contributed by atoms with Crippen molar-refractivity contribution in [3.8, 4) is 0 Å². The van der Waals surface area contributed by atoms with E-state index in [0.717, 1.165) is 22.3 Å². The predicted molar refractivity (Wildman–Crippen MR) is 126 cm³/mol. The molecule has 1 saturated heterocycles. The third kappa shape index (κ3) is 6.00. The molecule has 0 spiro atoms. The van der Waals surface area contributed by atoms with Crippen LogP contribution in [0.25, 0.3) is 0 Å². The largest absolute Gasteiger partial charge is 0.455 e. The molecule has 7 nitrogen and oxygen atoms in total. The summed E-state index contributed by atoms with van der Waals surface area (Å²) in [5, 5.41) is 2.85. The lowest BCUT2D eigenvalue weighted by Gasteiger charge is -2.30. The number of ether oxygens (including phenoxy) is 1. The molecule has 0 radical (unpaired) electrons. The van der Waals surface area contributed by atoms with Gasteiger partial charge in [0.2, 0.25) is 10.0 Å². The first kappa shape index (κ1) is 24.9. The summed E-state index contributed by atoms with van der Waals surface area (Å²) in [4.78, 5) is 25.0. The van der Waals surface area contributed by atoms with Crippen LogP contribution in [0.2, 0.25) is 0 Å². The molecule has 0 aromatic heterocycles. The first-order chi connectivity index (χ1) is 15.6. The molecule has 178 valence electrons. The van der Waals surface area contributed by atoms with Crippen molar-refractivity contribution in [2.45, 2.75) is 51.5 Å². The lowest BCUT2D eigenvalue weighted by atomic mass is 9.98. The highest BCUT2D eigenvalue weighted by atomic mass is 32.2. The van der Waals surface area contributed by atoms with Crippen molar-refractivity contribution in [3.05, 3.63) is 64.7 Å². The van der Waals surface area contributed by atoms with Gasteiger partial charge in [-0.25, -0.2) is 8.42 Å². The van der Waals surface area contributed by atoms with Crippen LogP contribution in [0, 0.1) is 26.7 Å². The number of carbonyl (C=O) groups is 2. The SMILES string of the molecule is Cc1ccc(S(=O)(=O)N2CCC(C(=O)OCC(=O)NC(C)c3ccccc3C)CC2)cc1C. The number of hydrogen-bond acceptors (Lipinski definition) is 5. The summed E-state index contributed by atoms with van der Waals surface area (Å²) in [5.41, 5.74) is 4.04. The molecule has 1 atom stereocenters. The van der Waals surface area contributed by atoms with Crippen molar-refractivity contribution in [2.75, 3.05) is 19.7 Å². The van der Waals surface area contributed by atoms with Gasteiger partial charge in [-0.05, 0) is 74.9 Å². The Bertz CT molecular complexity index is 1120. The first-order valence-corrected chi connectivity index (χ1v) is 12.6. The van der Waals surface area contributed by atoms with Gasteiger partial charge in [-0.3, -0.25) is 9.59 Å². The van der Waals surface area contributed by atoms with E-state index in [1.165, 1.54) is 4.31 Å².